The Balaban J connectivity index is 1.28. The highest BCUT2D eigenvalue weighted by Gasteiger charge is 2.27. The van der Waals surface area contributed by atoms with Gasteiger partial charge in [0.2, 0.25) is 5.91 Å². The first-order valence-electron chi connectivity index (χ1n) is 11.0. The summed E-state index contributed by atoms with van der Waals surface area (Å²) in [6.45, 7) is 4.78. The van der Waals surface area contributed by atoms with Gasteiger partial charge in [-0.15, -0.1) is 21.5 Å². The Kier molecular flexibility index (Phi) is 5.84. The third-order valence-electron chi connectivity index (χ3n) is 6.29. The maximum Gasteiger partial charge on any atom is 0.237 e. The van der Waals surface area contributed by atoms with Crippen LogP contribution >= 0.6 is 23.1 Å². The number of aryl methyl sites for hydroxylation is 2. The van der Waals surface area contributed by atoms with Crippen molar-refractivity contribution in [2.24, 2.45) is 0 Å². The van der Waals surface area contributed by atoms with Gasteiger partial charge in [-0.05, 0) is 50.8 Å². The van der Waals surface area contributed by atoms with Crippen LogP contribution in [0.15, 0.2) is 28.7 Å². The van der Waals surface area contributed by atoms with Gasteiger partial charge in [-0.1, -0.05) is 37.1 Å². The second kappa shape index (κ2) is 8.74. The summed E-state index contributed by atoms with van der Waals surface area (Å²) in [7, 11) is 0. The van der Waals surface area contributed by atoms with Crippen molar-refractivity contribution in [3.05, 3.63) is 40.0 Å². The first-order chi connectivity index (χ1) is 15.1. The SMILES string of the molecule is Cc1nc(-c2ccc3c(c2)CCN3C(=O)CSc2nnc(C)n2C2CCCCC2)cs1. The molecule has 0 saturated heterocycles. The molecule has 0 radical (unpaired) electrons. The molecule has 2 aliphatic rings. The second-order valence-corrected chi connectivity index (χ2v) is 10.4. The van der Waals surface area contributed by atoms with Crippen LogP contribution in [0.4, 0.5) is 5.69 Å². The fourth-order valence-corrected chi connectivity index (χ4v) is 6.28. The third kappa shape index (κ3) is 4.15. The van der Waals surface area contributed by atoms with Crippen molar-refractivity contribution in [2.75, 3.05) is 17.2 Å². The van der Waals surface area contributed by atoms with Gasteiger partial charge in [0.05, 0.1) is 16.5 Å². The van der Waals surface area contributed by atoms with Crippen molar-refractivity contribution in [2.45, 2.75) is 63.6 Å². The quantitative estimate of drug-likeness (QED) is 0.497. The van der Waals surface area contributed by atoms with Crippen LogP contribution in [-0.2, 0) is 11.2 Å². The third-order valence-corrected chi connectivity index (χ3v) is 7.99. The van der Waals surface area contributed by atoms with Crippen molar-refractivity contribution in [3.63, 3.8) is 0 Å². The lowest BCUT2D eigenvalue weighted by atomic mass is 9.95. The standard InChI is InChI=1S/C23H27N5OS2/c1-15-25-26-23(28(15)19-6-4-3-5-7-19)31-14-22(29)27-11-10-18-12-17(8-9-21(18)27)20-13-30-16(2)24-20/h8-9,12-13,19H,3-7,10-11,14H2,1-2H3. The maximum absolute atomic E-state index is 13.1. The molecule has 0 spiro atoms. The van der Waals surface area contributed by atoms with Gasteiger partial charge in [-0.3, -0.25) is 4.79 Å². The molecule has 0 bridgehead atoms. The fraction of sp³-hybridized carbons (Fsp3) is 0.478. The molecule has 1 aliphatic carbocycles. The van der Waals surface area contributed by atoms with E-state index in [9.17, 15) is 4.79 Å². The molecule has 31 heavy (non-hydrogen) atoms. The summed E-state index contributed by atoms with van der Waals surface area (Å²) >= 11 is 3.19. The lowest BCUT2D eigenvalue weighted by Gasteiger charge is -2.25. The van der Waals surface area contributed by atoms with E-state index < -0.39 is 0 Å². The normalized spacial score (nSPS) is 16.6. The number of aromatic nitrogens is 4. The minimum Gasteiger partial charge on any atom is -0.311 e. The minimum atomic E-state index is 0.136. The van der Waals surface area contributed by atoms with E-state index in [2.05, 4.69) is 43.3 Å². The zero-order chi connectivity index (χ0) is 21.4. The summed E-state index contributed by atoms with van der Waals surface area (Å²) in [5.41, 5.74) is 4.40. The van der Waals surface area contributed by atoms with Gasteiger partial charge in [0, 0.05) is 29.2 Å². The van der Waals surface area contributed by atoms with Gasteiger partial charge in [0.15, 0.2) is 5.16 Å². The first kappa shape index (κ1) is 20.7. The summed E-state index contributed by atoms with van der Waals surface area (Å²) in [6.07, 6.45) is 7.09. The molecule has 1 amide bonds. The Hall–Kier alpha value is -2.19. The Morgan fingerprint density at radius 2 is 2.03 bits per heavy atom. The lowest BCUT2D eigenvalue weighted by Crippen LogP contribution is -2.30. The lowest BCUT2D eigenvalue weighted by molar-refractivity contribution is -0.116. The van der Waals surface area contributed by atoms with E-state index in [1.54, 1.807) is 11.3 Å². The van der Waals surface area contributed by atoms with Crippen LogP contribution in [0, 0.1) is 13.8 Å². The molecule has 1 aliphatic heterocycles. The average Bonchev–Trinajstić information content (AvgIpc) is 3.50. The topological polar surface area (TPSA) is 63.9 Å². The molecule has 162 valence electrons. The number of fused-ring (bicyclic) bond motifs is 1. The zero-order valence-corrected chi connectivity index (χ0v) is 19.6. The molecule has 3 heterocycles. The van der Waals surface area contributed by atoms with Crippen molar-refractivity contribution in [1.82, 2.24) is 19.7 Å². The number of amides is 1. The van der Waals surface area contributed by atoms with Gasteiger partial charge >= 0.3 is 0 Å². The molecule has 8 heteroatoms. The highest BCUT2D eigenvalue weighted by molar-refractivity contribution is 7.99. The number of thioether (sulfide) groups is 1. The first-order valence-corrected chi connectivity index (χ1v) is 12.9. The molecule has 6 nitrogen and oxygen atoms in total. The number of anilines is 1. The van der Waals surface area contributed by atoms with E-state index in [-0.39, 0.29) is 5.91 Å². The van der Waals surface area contributed by atoms with Crippen LogP contribution in [0.1, 0.15) is 54.5 Å². The fourth-order valence-electron chi connectivity index (χ4n) is 4.73. The van der Waals surface area contributed by atoms with Gasteiger partial charge in [0.25, 0.3) is 0 Å². The van der Waals surface area contributed by atoms with E-state index >= 15 is 0 Å². The number of carbonyl (C=O) groups is 1. The largest absolute Gasteiger partial charge is 0.311 e. The number of carbonyl (C=O) groups excluding carboxylic acids is 1. The van der Waals surface area contributed by atoms with Crippen LogP contribution in [0.5, 0.6) is 0 Å². The summed E-state index contributed by atoms with van der Waals surface area (Å²) in [5.74, 6) is 1.48. The van der Waals surface area contributed by atoms with E-state index in [1.165, 1.54) is 49.4 Å². The van der Waals surface area contributed by atoms with Crippen molar-refractivity contribution >= 4 is 34.7 Å². The average molecular weight is 454 g/mol. The summed E-state index contributed by atoms with van der Waals surface area (Å²) in [4.78, 5) is 19.6. The zero-order valence-electron chi connectivity index (χ0n) is 18.0. The molecule has 0 atom stereocenters. The number of rotatable bonds is 5. The smallest absolute Gasteiger partial charge is 0.237 e. The van der Waals surface area contributed by atoms with Crippen LogP contribution in [0.3, 0.4) is 0 Å². The molecule has 3 aromatic rings. The van der Waals surface area contributed by atoms with E-state index in [0.717, 1.165) is 45.9 Å². The predicted molar refractivity (Wildman–Crippen MR) is 126 cm³/mol. The second-order valence-electron chi connectivity index (χ2n) is 8.37. The van der Waals surface area contributed by atoms with E-state index in [0.29, 0.717) is 11.8 Å². The highest BCUT2D eigenvalue weighted by Crippen LogP contribution is 2.35. The Morgan fingerprint density at radius 3 is 2.81 bits per heavy atom. The molecule has 1 aromatic carbocycles. The Morgan fingerprint density at radius 1 is 1.19 bits per heavy atom. The van der Waals surface area contributed by atoms with E-state index in [4.69, 9.17) is 0 Å². The predicted octanol–water partition coefficient (Wildman–Crippen LogP) is 5.21. The number of hydrogen-bond donors (Lipinski definition) is 0. The highest BCUT2D eigenvalue weighted by atomic mass is 32.2. The van der Waals surface area contributed by atoms with Crippen molar-refractivity contribution in [3.8, 4) is 11.3 Å². The van der Waals surface area contributed by atoms with Gasteiger partial charge in [-0.25, -0.2) is 4.98 Å². The molecule has 5 rings (SSSR count). The molecule has 1 fully saturated rings. The molecular formula is C23H27N5OS2. The minimum absolute atomic E-state index is 0.136. The van der Waals surface area contributed by atoms with Crippen LogP contribution in [0.2, 0.25) is 0 Å². The van der Waals surface area contributed by atoms with Crippen molar-refractivity contribution < 1.29 is 4.79 Å². The van der Waals surface area contributed by atoms with Crippen molar-refractivity contribution in [1.29, 1.82) is 0 Å². The van der Waals surface area contributed by atoms with Crippen LogP contribution < -0.4 is 4.90 Å². The number of thiazole rings is 1. The number of hydrogen-bond acceptors (Lipinski definition) is 6. The van der Waals surface area contributed by atoms with Crippen LogP contribution in [0.25, 0.3) is 11.3 Å². The molecule has 0 N–H and O–H groups in total. The molecular weight excluding hydrogens is 426 g/mol. The molecule has 1 saturated carbocycles. The Bertz CT molecular complexity index is 1100. The van der Waals surface area contributed by atoms with Gasteiger partial charge in [-0.2, -0.15) is 0 Å². The van der Waals surface area contributed by atoms with E-state index in [1.807, 2.05) is 18.7 Å². The number of nitrogens with zero attached hydrogens (tertiary/aromatic N) is 5. The molecule has 2 aromatic heterocycles. The van der Waals surface area contributed by atoms with Gasteiger partial charge < -0.3 is 9.47 Å². The monoisotopic (exact) mass is 453 g/mol. The summed E-state index contributed by atoms with van der Waals surface area (Å²) in [6, 6.07) is 6.81. The maximum atomic E-state index is 13.1. The summed E-state index contributed by atoms with van der Waals surface area (Å²) < 4.78 is 2.26. The molecule has 0 unspecified atom stereocenters. The van der Waals surface area contributed by atoms with Crippen LogP contribution in [-0.4, -0.2) is 38.0 Å². The number of benzene rings is 1. The summed E-state index contributed by atoms with van der Waals surface area (Å²) in [5, 5.41) is 12.7. The van der Waals surface area contributed by atoms with Gasteiger partial charge in [0.1, 0.15) is 5.82 Å². The Labute approximate surface area is 191 Å².